The van der Waals surface area contributed by atoms with E-state index < -0.39 is 20.9 Å². The number of esters is 1. The molecule has 0 radical (unpaired) electrons. The third-order valence-electron chi connectivity index (χ3n) is 2.77. The zero-order valence-electron chi connectivity index (χ0n) is 11.6. The second-order valence-corrected chi connectivity index (χ2v) is 6.83. The summed E-state index contributed by atoms with van der Waals surface area (Å²) >= 11 is 11.6. The number of unbranched alkanes of at least 4 members (excludes halogenated alkanes) is 3. The predicted octanol–water partition coefficient (Wildman–Crippen LogP) is 3.38. The minimum absolute atomic E-state index is 0.00363. The van der Waals surface area contributed by atoms with Gasteiger partial charge >= 0.3 is 5.97 Å². The molecular weight excluding hydrogens is 337 g/mol. The third kappa shape index (κ3) is 5.47. The van der Waals surface area contributed by atoms with E-state index in [0.29, 0.717) is 0 Å². The van der Waals surface area contributed by atoms with Gasteiger partial charge in [-0.3, -0.25) is 0 Å². The van der Waals surface area contributed by atoms with Gasteiger partial charge in [-0.2, -0.15) is 0 Å². The Bertz CT molecular complexity index is 617. The summed E-state index contributed by atoms with van der Waals surface area (Å²) in [4.78, 5) is 11.5. The van der Waals surface area contributed by atoms with Gasteiger partial charge in [0.05, 0.1) is 22.2 Å². The molecule has 0 unspecified atom stereocenters. The third-order valence-corrected chi connectivity index (χ3v) is 4.62. The molecule has 0 saturated heterocycles. The van der Waals surface area contributed by atoms with Crippen molar-refractivity contribution in [3.05, 3.63) is 27.7 Å². The van der Waals surface area contributed by atoms with Gasteiger partial charge in [-0.1, -0.05) is 49.4 Å². The van der Waals surface area contributed by atoms with Crippen LogP contribution in [0.25, 0.3) is 0 Å². The van der Waals surface area contributed by atoms with Crippen LogP contribution in [0.4, 0.5) is 0 Å². The van der Waals surface area contributed by atoms with Crippen LogP contribution in [0.1, 0.15) is 43.0 Å². The Morgan fingerprint density at radius 1 is 1.24 bits per heavy atom. The standard InChI is InChI=1S/C13H17Cl2NO4S/c1-2-3-4-5-6-20-13(17)9-7-10(14)12(15)11(8-9)21(16,18)19/h7-8H,2-6H2,1H3,(H2,16,18,19). The number of carbonyl (C=O) groups is 1. The molecule has 5 nitrogen and oxygen atoms in total. The lowest BCUT2D eigenvalue weighted by molar-refractivity contribution is 0.0497. The molecule has 0 bridgehead atoms. The summed E-state index contributed by atoms with van der Waals surface area (Å²) in [6.07, 6.45) is 3.87. The van der Waals surface area contributed by atoms with Crippen LogP contribution in [-0.2, 0) is 14.8 Å². The van der Waals surface area contributed by atoms with Crippen molar-refractivity contribution in [3.63, 3.8) is 0 Å². The monoisotopic (exact) mass is 353 g/mol. The van der Waals surface area contributed by atoms with E-state index in [-0.39, 0.29) is 22.2 Å². The summed E-state index contributed by atoms with van der Waals surface area (Å²) in [6, 6.07) is 2.32. The molecule has 0 saturated carbocycles. The van der Waals surface area contributed by atoms with E-state index in [2.05, 4.69) is 6.92 Å². The topological polar surface area (TPSA) is 86.5 Å². The average molecular weight is 354 g/mol. The Labute approximate surface area is 134 Å². The Morgan fingerprint density at radius 3 is 2.48 bits per heavy atom. The summed E-state index contributed by atoms with van der Waals surface area (Å²) in [5, 5.41) is 4.75. The minimum atomic E-state index is -4.07. The molecule has 8 heteroatoms. The van der Waals surface area contributed by atoms with Crippen molar-refractivity contribution in [3.8, 4) is 0 Å². The molecule has 118 valence electrons. The van der Waals surface area contributed by atoms with Gasteiger partial charge in [0.2, 0.25) is 10.0 Å². The van der Waals surface area contributed by atoms with Gasteiger partial charge in [-0.25, -0.2) is 18.4 Å². The largest absolute Gasteiger partial charge is 0.462 e. The van der Waals surface area contributed by atoms with E-state index in [1.54, 1.807) is 0 Å². The first-order chi connectivity index (χ1) is 9.77. The van der Waals surface area contributed by atoms with Gasteiger partial charge in [-0.15, -0.1) is 0 Å². The van der Waals surface area contributed by atoms with Crippen molar-refractivity contribution >= 4 is 39.2 Å². The quantitative estimate of drug-likeness (QED) is 0.601. The number of nitrogens with two attached hydrogens (primary N) is 1. The van der Waals surface area contributed by atoms with E-state index in [9.17, 15) is 13.2 Å². The summed E-state index contributed by atoms with van der Waals surface area (Å²) < 4.78 is 27.9. The summed E-state index contributed by atoms with van der Waals surface area (Å²) in [6.45, 7) is 2.35. The maximum atomic E-state index is 11.9. The van der Waals surface area contributed by atoms with Gasteiger partial charge in [0.25, 0.3) is 0 Å². The van der Waals surface area contributed by atoms with Crippen molar-refractivity contribution in [2.24, 2.45) is 5.14 Å². The highest BCUT2D eigenvalue weighted by Gasteiger charge is 2.20. The van der Waals surface area contributed by atoms with Crippen molar-refractivity contribution in [2.45, 2.75) is 37.5 Å². The summed E-state index contributed by atoms with van der Waals surface area (Å²) in [5.74, 6) is -0.657. The number of hydrogen-bond acceptors (Lipinski definition) is 4. The number of sulfonamides is 1. The summed E-state index contributed by atoms with van der Waals surface area (Å²) in [7, 11) is -4.07. The normalized spacial score (nSPS) is 11.4. The molecular formula is C13H17Cl2NO4S. The Morgan fingerprint density at radius 2 is 1.90 bits per heavy atom. The molecule has 0 atom stereocenters. The average Bonchev–Trinajstić information content (AvgIpc) is 2.39. The van der Waals surface area contributed by atoms with Crippen LogP contribution in [0.5, 0.6) is 0 Å². The number of hydrogen-bond donors (Lipinski definition) is 1. The van der Waals surface area contributed by atoms with Crippen LogP contribution < -0.4 is 5.14 Å². The Hall–Kier alpha value is -0.820. The maximum absolute atomic E-state index is 11.9. The molecule has 0 aliphatic carbocycles. The first-order valence-electron chi connectivity index (χ1n) is 6.46. The van der Waals surface area contributed by atoms with Crippen molar-refractivity contribution in [1.29, 1.82) is 0 Å². The number of benzene rings is 1. The fraction of sp³-hybridized carbons (Fsp3) is 0.462. The van der Waals surface area contributed by atoms with E-state index in [1.165, 1.54) is 6.07 Å². The van der Waals surface area contributed by atoms with Gasteiger partial charge in [0.1, 0.15) is 4.90 Å². The first-order valence-corrected chi connectivity index (χ1v) is 8.76. The number of rotatable bonds is 7. The van der Waals surface area contributed by atoms with Crippen molar-refractivity contribution in [2.75, 3.05) is 6.61 Å². The predicted molar refractivity (Wildman–Crippen MR) is 82.3 cm³/mol. The van der Waals surface area contributed by atoms with Crippen LogP contribution >= 0.6 is 23.2 Å². The highest BCUT2D eigenvalue weighted by atomic mass is 35.5. The molecule has 0 amide bonds. The molecule has 1 aromatic rings. The molecule has 1 aromatic carbocycles. The van der Waals surface area contributed by atoms with Crippen LogP contribution in [0.15, 0.2) is 17.0 Å². The molecule has 0 fully saturated rings. The van der Waals surface area contributed by atoms with E-state index in [1.807, 2.05) is 0 Å². The van der Waals surface area contributed by atoms with Gasteiger partial charge in [-0.05, 0) is 18.6 Å². The molecule has 0 aliphatic rings. The number of halogens is 2. The van der Waals surface area contributed by atoms with Crippen molar-refractivity contribution in [1.82, 2.24) is 0 Å². The van der Waals surface area contributed by atoms with Gasteiger partial charge < -0.3 is 4.74 Å². The molecule has 2 N–H and O–H groups in total. The lowest BCUT2D eigenvalue weighted by Crippen LogP contribution is -2.15. The number of ether oxygens (including phenoxy) is 1. The Kier molecular flexibility index (Phi) is 6.93. The zero-order valence-corrected chi connectivity index (χ0v) is 13.9. The Balaban J connectivity index is 2.84. The van der Waals surface area contributed by atoms with Gasteiger partial charge in [0, 0.05) is 0 Å². The van der Waals surface area contributed by atoms with Crippen LogP contribution in [-0.4, -0.2) is 21.0 Å². The van der Waals surface area contributed by atoms with Crippen molar-refractivity contribution < 1.29 is 17.9 Å². The molecule has 1 rings (SSSR count). The first kappa shape index (κ1) is 18.2. The van der Waals surface area contributed by atoms with Crippen LogP contribution in [0, 0.1) is 0 Å². The van der Waals surface area contributed by atoms with Gasteiger partial charge in [0.15, 0.2) is 0 Å². The SMILES string of the molecule is CCCCCCOC(=O)c1cc(Cl)c(Cl)c(S(N)(=O)=O)c1. The number of carbonyl (C=O) groups excluding carboxylic acids is 1. The fourth-order valence-corrected chi connectivity index (χ4v) is 3.02. The van der Waals surface area contributed by atoms with E-state index in [0.717, 1.165) is 31.7 Å². The second-order valence-electron chi connectivity index (χ2n) is 4.51. The minimum Gasteiger partial charge on any atom is -0.462 e. The molecule has 0 aromatic heterocycles. The fourth-order valence-electron chi connectivity index (χ4n) is 1.67. The highest BCUT2D eigenvalue weighted by molar-refractivity contribution is 7.89. The second kappa shape index (κ2) is 7.98. The molecule has 21 heavy (non-hydrogen) atoms. The number of primary sulfonamides is 1. The lowest BCUT2D eigenvalue weighted by atomic mass is 10.2. The summed E-state index contributed by atoms with van der Waals surface area (Å²) in [5.41, 5.74) is 0.00363. The smallest absolute Gasteiger partial charge is 0.338 e. The molecule has 0 aliphatic heterocycles. The van der Waals surface area contributed by atoms with Crippen LogP contribution in [0.3, 0.4) is 0 Å². The molecule has 0 spiro atoms. The van der Waals surface area contributed by atoms with Crippen LogP contribution in [0.2, 0.25) is 10.0 Å². The van der Waals surface area contributed by atoms with E-state index in [4.69, 9.17) is 33.1 Å². The molecule has 0 heterocycles. The van der Waals surface area contributed by atoms with E-state index >= 15 is 0 Å². The maximum Gasteiger partial charge on any atom is 0.338 e. The highest BCUT2D eigenvalue weighted by Crippen LogP contribution is 2.30. The zero-order chi connectivity index (χ0) is 16.0. The lowest BCUT2D eigenvalue weighted by Gasteiger charge is -2.08.